The first kappa shape index (κ1) is 22.8. The third-order valence-electron chi connectivity index (χ3n) is 5.39. The van der Waals surface area contributed by atoms with E-state index < -0.39 is 0 Å². The number of esters is 1. The smallest absolute Gasteiger partial charge is 0.310 e. The summed E-state index contributed by atoms with van der Waals surface area (Å²) in [6.07, 6.45) is 0.103. The predicted molar refractivity (Wildman–Crippen MR) is 125 cm³/mol. The fraction of sp³-hybridized carbons (Fsp3) is 0.240. The van der Waals surface area contributed by atoms with Crippen LogP contribution in [0.15, 0.2) is 46.9 Å². The zero-order chi connectivity index (χ0) is 22.7. The number of ether oxygens (including phenoxy) is 2. The minimum atomic E-state index is -0.340. The Morgan fingerprint density at radius 2 is 1.74 bits per heavy atom. The molecule has 0 spiro atoms. The Labute approximate surface area is 190 Å². The molecule has 162 valence electrons. The lowest BCUT2D eigenvalue weighted by Gasteiger charge is -2.22. The molecular weight excluding hydrogens is 461 g/mol. The predicted octanol–water partition coefficient (Wildman–Crippen LogP) is 6.06. The summed E-state index contributed by atoms with van der Waals surface area (Å²) in [7, 11) is 1.37. The zero-order valence-electron chi connectivity index (χ0n) is 18.0. The molecule has 0 aliphatic heterocycles. The number of rotatable bonds is 6. The molecule has 3 aromatic rings. The van der Waals surface area contributed by atoms with Gasteiger partial charge >= 0.3 is 5.97 Å². The number of benzene rings is 3. The minimum absolute atomic E-state index is 0.103. The molecule has 0 heterocycles. The summed E-state index contributed by atoms with van der Waals surface area (Å²) in [5.41, 5.74) is 13.0. The van der Waals surface area contributed by atoms with Gasteiger partial charge in [0.25, 0.3) is 0 Å². The van der Waals surface area contributed by atoms with Crippen LogP contribution in [0.4, 0.5) is 10.1 Å². The van der Waals surface area contributed by atoms with Crippen molar-refractivity contribution in [3.05, 3.63) is 80.6 Å². The fourth-order valence-electron chi connectivity index (χ4n) is 3.60. The number of hydrogen-bond acceptors (Lipinski definition) is 4. The van der Waals surface area contributed by atoms with E-state index in [-0.39, 0.29) is 24.8 Å². The van der Waals surface area contributed by atoms with E-state index in [9.17, 15) is 9.18 Å². The average molecular weight is 486 g/mol. The third-order valence-corrected chi connectivity index (χ3v) is 6.16. The number of halogens is 2. The van der Waals surface area contributed by atoms with Crippen LogP contribution in [0.25, 0.3) is 11.1 Å². The Balaban J connectivity index is 2.12. The second kappa shape index (κ2) is 9.52. The Kier molecular flexibility index (Phi) is 7.01. The standard InChI is InChI=1S/C25H25BrFNO3/c1-14-5-7-17(8-6-14)23-16(3)25(24(28)15(2)20(23)12-22(29)30-4)31-13-18-11-19(27)9-10-21(18)26/h5-11H,12-13,28H2,1-4H3. The monoisotopic (exact) mass is 485 g/mol. The Hall–Kier alpha value is -2.86. The molecular formula is C25H25BrFNO3. The highest BCUT2D eigenvalue weighted by molar-refractivity contribution is 9.10. The van der Waals surface area contributed by atoms with Crippen molar-refractivity contribution in [2.24, 2.45) is 0 Å². The SMILES string of the molecule is COC(=O)Cc1c(C)c(N)c(OCc2cc(F)ccc2Br)c(C)c1-c1ccc(C)cc1. The minimum Gasteiger partial charge on any atom is -0.486 e. The van der Waals surface area contributed by atoms with E-state index in [1.54, 1.807) is 6.07 Å². The molecule has 0 aliphatic rings. The highest BCUT2D eigenvalue weighted by Gasteiger charge is 2.22. The van der Waals surface area contributed by atoms with Gasteiger partial charge in [0.15, 0.2) is 0 Å². The van der Waals surface area contributed by atoms with Crippen LogP contribution in [0.5, 0.6) is 5.75 Å². The van der Waals surface area contributed by atoms with E-state index in [0.29, 0.717) is 17.0 Å². The molecule has 0 unspecified atom stereocenters. The van der Waals surface area contributed by atoms with E-state index in [4.69, 9.17) is 15.2 Å². The van der Waals surface area contributed by atoms with Gasteiger partial charge in [-0.15, -0.1) is 0 Å². The molecule has 2 N–H and O–H groups in total. The summed E-state index contributed by atoms with van der Waals surface area (Å²) in [5.74, 6) is -0.151. The molecule has 0 bridgehead atoms. The van der Waals surface area contributed by atoms with Crippen molar-refractivity contribution in [2.75, 3.05) is 12.8 Å². The molecule has 31 heavy (non-hydrogen) atoms. The van der Waals surface area contributed by atoms with Crippen molar-refractivity contribution in [2.45, 2.75) is 33.8 Å². The first-order chi connectivity index (χ1) is 14.7. The Bertz CT molecular complexity index is 1130. The van der Waals surface area contributed by atoms with E-state index in [2.05, 4.69) is 15.9 Å². The lowest BCUT2D eigenvalue weighted by atomic mass is 9.88. The summed E-state index contributed by atoms with van der Waals surface area (Å²) in [6, 6.07) is 12.5. The molecule has 0 radical (unpaired) electrons. The molecule has 3 rings (SSSR count). The molecule has 0 aliphatic carbocycles. The van der Waals surface area contributed by atoms with Gasteiger partial charge in [-0.2, -0.15) is 0 Å². The molecule has 0 saturated heterocycles. The molecule has 3 aromatic carbocycles. The van der Waals surface area contributed by atoms with E-state index >= 15 is 0 Å². The average Bonchev–Trinajstić information content (AvgIpc) is 2.75. The molecule has 4 nitrogen and oxygen atoms in total. The maximum Gasteiger partial charge on any atom is 0.310 e. The van der Waals surface area contributed by atoms with Crippen LogP contribution in [0.3, 0.4) is 0 Å². The molecule has 0 fully saturated rings. The van der Waals surface area contributed by atoms with Crippen LogP contribution in [-0.2, 0) is 22.6 Å². The summed E-state index contributed by atoms with van der Waals surface area (Å²) < 4.78 is 25.4. The van der Waals surface area contributed by atoms with Crippen molar-refractivity contribution >= 4 is 27.6 Å². The second-order valence-corrected chi connectivity index (χ2v) is 8.34. The fourth-order valence-corrected chi connectivity index (χ4v) is 3.96. The third kappa shape index (κ3) is 4.90. The van der Waals surface area contributed by atoms with Gasteiger partial charge in [0.2, 0.25) is 0 Å². The number of carbonyl (C=O) groups is 1. The van der Waals surface area contributed by atoms with Crippen LogP contribution in [0.1, 0.15) is 27.8 Å². The maximum absolute atomic E-state index is 13.7. The topological polar surface area (TPSA) is 61.5 Å². The van der Waals surface area contributed by atoms with Gasteiger partial charge in [-0.3, -0.25) is 4.79 Å². The van der Waals surface area contributed by atoms with Gasteiger partial charge < -0.3 is 15.2 Å². The van der Waals surface area contributed by atoms with Crippen LogP contribution >= 0.6 is 15.9 Å². The van der Waals surface area contributed by atoms with Gasteiger partial charge in [0.05, 0.1) is 19.2 Å². The summed E-state index contributed by atoms with van der Waals surface area (Å²) in [5, 5.41) is 0. The molecule has 0 saturated carbocycles. The number of hydrogen-bond donors (Lipinski definition) is 1. The summed E-state index contributed by atoms with van der Waals surface area (Å²) >= 11 is 3.43. The number of anilines is 1. The first-order valence-corrected chi connectivity index (χ1v) is 10.6. The van der Waals surface area contributed by atoms with E-state index in [1.807, 2.05) is 45.0 Å². The van der Waals surface area contributed by atoms with Crippen LogP contribution in [-0.4, -0.2) is 13.1 Å². The van der Waals surface area contributed by atoms with Gasteiger partial charge in [0.1, 0.15) is 18.2 Å². The van der Waals surface area contributed by atoms with Crippen LogP contribution in [0.2, 0.25) is 0 Å². The molecule has 0 aromatic heterocycles. The number of nitrogen functional groups attached to an aromatic ring is 1. The second-order valence-electron chi connectivity index (χ2n) is 7.49. The zero-order valence-corrected chi connectivity index (χ0v) is 19.6. The van der Waals surface area contributed by atoms with Gasteiger partial charge in [-0.1, -0.05) is 45.8 Å². The quantitative estimate of drug-likeness (QED) is 0.340. The molecule has 0 amide bonds. The Morgan fingerprint density at radius 1 is 1.06 bits per heavy atom. The van der Waals surface area contributed by atoms with Gasteiger partial charge in [-0.05, 0) is 61.2 Å². The molecule has 6 heteroatoms. The highest BCUT2D eigenvalue weighted by Crippen LogP contribution is 2.42. The van der Waals surface area contributed by atoms with Gasteiger partial charge in [-0.25, -0.2) is 4.39 Å². The summed E-state index contributed by atoms with van der Waals surface area (Å²) in [4.78, 5) is 12.1. The van der Waals surface area contributed by atoms with Crippen LogP contribution in [0, 0.1) is 26.6 Å². The normalized spacial score (nSPS) is 10.8. The van der Waals surface area contributed by atoms with E-state index in [1.165, 1.54) is 19.2 Å². The molecule has 0 atom stereocenters. The Morgan fingerprint density at radius 3 is 2.39 bits per heavy atom. The van der Waals surface area contributed by atoms with Gasteiger partial charge in [0, 0.05) is 15.6 Å². The lowest BCUT2D eigenvalue weighted by molar-refractivity contribution is -0.139. The van der Waals surface area contributed by atoms with Crippen molar-refractivity contribution in [3.8, 4) is 16.9 Å². The number of methoxy groups -OCH3 is 1. The maximum atomic E-state index is 13.7. The lowest BCUT2D eigenvalue weighted by Crippen LogP contribution is -2.12. The number of aryl methyl sites for hydroxylation is 1. The number of nitrogens with two attached hydrogens (primary N) is 1. The van der Waals surface area contributed by atoms with Crippen molar-refractivity contribution < 1.29 is 18.7 Å². The van der Waals surface area contributed by atoms with Crippen molar-refractivity contribution in [1.29, 1.82) is 0 Å². The van der Waals surface area contributed by atoms with E-state index in [0.717, 1.165) is 37.9 Å². The largest absolute Gasteiger partial charge is 0.486 e. The number of carbonyl (C=O) groups excluding carboxylic acids is 1. The highest BCUT2D eigenvalue weighted by atomic mass is 79.9. The first-order valence-electron chi connectivity index (χ1n) is 9.85. The van der Waals surface area contributed by atoms with Crippen LogP contribution < -0.4 is 10.5 Å². The van der Waals surface area contributed by atoms with Crippen molar-refractivity contribution in [1.82, 2.24) is 0 Å². The summed E-state index contributed by atoms with van der Waals surface area (Å²) in [6.45, 7) is 5.95. The van der Waals surface area contributed by atoms with Crippen molar-refractivity contribution in [3.63, 3.8) is 0 Å².